The Bertz CT molecular complexity index is 698. The van der Waals surface area contributed by atoms with Gasteiger partial charge in [0, 0.05) is 0 Å². The van der Waals surface area contributed by atoms with E-state index >= 15 is 0 Å². The Balaban J connectivity index is 2.34. The Kier molecular flexibility index (Phi) is 5.69. The molecule has 0 aromatic heterocycles. The van der Waals surface area contributed by atoms with Crippen LogP contribution in [0.2, 0.25) is 10.0 Å². The Labute approximate surface area is 145 Å². The fourth-order valence-corrected chi connectivity index (χ4v) is 3.89. The van der Waals surface area contributed by atoms with E-state index in [1.165, 1.54) is 0 Å². The second kappa shape index (κ2) is 7.35. The van der Waals surface area contributed by atoms with Crippen LogP contribution in [0.3, 0.4) is 0 Å². The first kappa shape index (κ1) is 17.8. The highest BCUT2D eigenvalue weighted by atomic mass is 35.5. The van der Waals surface area contributed by atoms with Gasteiger partial charge in [-0.05, 0) is 30.7 Å². The zero-order chi connectivity index (χ0) is 17.0. The molecule has 0 saturated carbocycles. The number of para-hydroxylation sites is 2. The van der Waals surface area contributed by atoms with E-state index in [1.54, 1.807) is 36.4 Å². The summed E-state index contributed by atoms with van der Waals surface area (Å²) in [6.45, 7) is 1.86. The van der Waals surface area contributed by atoms with Crippen molar-refractivity contribution in [2.75, 3.05) is 17.6 Å². The standard InChI is InChI=1S/C15H17Cl2N2O3P/c1-2-9-23(20,21-12-7-3-5-10(16)14(12)18)22-13-8-4-6-11(17)15(13)19/h3-8H,2,9,18-19H2,1H3. The number of anilines is 2. The van der Waals surface area contributed by atoms with Gasteiger partial charge in [-0.2, -0.15) is 0 Å². The van der Waals surface area contributed by atoms with Crippen LogP contribution in [0.1, 0.15) is 13.3 Å². The number of hydrogen-bond donors (Lipinski definition) is 2. The van der Waals surface area contributed by atoms with Gasteiger partial charge in [-0.1, -0.05) is 42.3 Å². The molecule has 0 heterocycles. The molecule has 0 unspecified atom stereocenters. The normalized spacial score (nSPS) is 11.3. The summed E-state index contributed by atoms with van der Waals surface area (Å²) in [6.07, 6.45) is 0.767. The maximum Gasteiger partial charge on any atom is 0.430 e. The summed E-state index contributed by atoms with van der Waals surface area (Å²) in [4.78, 5) is 0. The zero-order valence-corrected chi connectivity index (χ0v) is 14.9. The molecule has 0 aliphatic rings. The molecule has 124 valence electrons. The third-order valence-electron chi connectivity index (χ3n) is 3.00. The molecular weight excluding hydrogens is 358 g/mol. The van der Waals surface area contributed by atoms with Crippen molar-refractivity contribution in [3.8, 4) is 11.5 Å². The minimum absolute atomic E-state index is 0.185. The smallest absolute Gasteiger partial charge is 0.414 e. The van der Waals surface area contributed by atoms with Crippen molar-refractivity contribution in [3.63, 3.8) is 0 Å². The summed E-state index contributed by atoms with van der Waals surface area (Å²) in [5.41, 5.74) is 12.1. The van der Waals surface area contributed by atoms with Crippen LogP contribution in [-0.2, 0) is 4.57 Å². The molecule has 2 rings (SSSR count). The minimum atomic E-state index is -3.53. The van der Waals surface area contributed by atoms with E-state index in [1.807, 2.05) is 6.92 Å². The van der Waals surface area contributed by atoms with Crippen molar-refractivity contribution in [1.29, 1.82) is 0 Å². The second-order valence-corrected chi connectivity index (χ2v) is 7.67. The number of rotatable bonds is 6. The van der Waals surface area contributed by atoms with Crippen molar-refractivity contribution < 1.29 is 13.6 Å². The first-order valence-corrected chi connectivity index (χ1v) is 9.41. The highest BCUT2D eigenvalue weighted by Crippen LogP contribution is 2.52. The topological polar surface area (TPSA) is 87.6 Å². The summed E-state index contributed by atoms with van der Waals surface area (Å²) in [7, 11) is -3.53. The molecule has 4 N–H and O–H groups in total. The predicted molar refractivity (Wildman–Crippen MR) is 95.7 cm³/mol. The average molecular weight is 375 g/mol. The lowest BCUT2D eigenvalue weighted by Crippen LogP contribution is -2.07. The maximum atomic E-state index is 13.0. The fraction of sp³-hybridized carbons (Fsp3) is 0.200. The summed E-state index contributed by atoms with van der Waals surface area (Å²) in [5.74, 6) is 0.407. The van der Waals surface area contributed by atoms with Crippen molar-refractivity contribution in [3.05, 3.63) is 46.4 Å². The molecule has 0 amide bonds. The Morgan fingerprint density at radius 2 is 1.39 bits per heavy atom. The van der Waals surface area contributed by atoms with Crippen LogP contribution in [0, 0.1) is 0 Å². The first-order valence-electron chi connectivity index (χ1n) is 6.92. The van der Waals surface area contributed by atoms with Crippen LogP contribution in [0.15, 0.2) is 36.4 Å². The van der Waals surface area contributed by atoms with Gasteiger partial charge in [0.2, 0.25) is 0 Å². The summed E-state index contributed by atoms with van der Waals surface area (Å²) in [6, 6.07) is 9.69. The lowest BCUT2D eigenvalue weighted by atomic mass is 10.3. The summed E-state index contributed by atoms with van der Waals surface area (Å²) >= 11 is 11.9. The molecule has 0 atom stereocenters. The van der Waals surface area contributed by atoms with E-state index in [0.717, 1.165) is 0 Å². The monoisotopic (exact) mass is 374 g/mol. The van der Waals surface area contributed by atoms with Crippen LogP contribution in [-0.4, -0.2) is 6.16 Å². The van der Waals surface area contributed by atoms with Gasteiger partial charge in [-0.15, -0.1) is 0 Å². The highest BCUT2D eigenvalue weighted by molar-refractivity contribution is 7.54. The lowest BCUT2D eigenvalue weighted by Gasteiger charge is -2.21. The van der Waals surface area contributed by atoms with E-state index in [9.17, 15) is 4.57 Å². The van der Waals surface area contributed by atoms with Crippen molar-refractivity contribution >= 4 is 42.2 Å². The minimum Gasteiger partial charge on any atom is -0.414 e. The number of nitrogens with two attached hydrogens (primary N) is 2. The van der Waals surface area contributed by atoms with Gasteiger partial charge in [0.25, 0.3) is 0 Å². The van der Waals surface area contributed by atoms with Crippen LogP contribution >= 0.6 is 30.8 Å². The Morgan fingerprint density at radius 3 is 1.78 bits per heavy atom. The van der Waals surface area contributed by atoms with Gasteiger partial charge >= 0.3 is 7.60 Å². The lowest BCUT2D eigenvalue weighted by molar-refractivity contribution is 0.386. The second-order valence-electron chi connectivity index (χ2n) is 4.82. The first-order chi connectivity index (χ1) is 10.9. The van der Waals surface area contributed by atoms with E-state index in [-0.39, 0.29) is 29.0 Å². The van der Waals surface area contributed by atoms with Gasteiger partial charge < -0.3 is 20.5 Å². The number of benzene rings is 2. The van der Waals surface area contributed by atoms with Gasteiger partial charge in [0.15, 0.2) is 11.5 Å². The molecular formula is C15H17Cl2N2O3P. The summed E-state index contributed by atoms with van der Waals surface area (Å²) < 4.78 is 24.2. The van der Waals surface area contributed by atoms with Gasteiger partial charge in [0.1, 0.15) is 0 Å². The van der Waals surface area contributed by atoms with Gasteiger partial charge in [0.05, 0.1) is 27.6 Å². The molecule has 0 radical (unpaired) electrons. The third-order valence-corrected chi connectivity index (χ3v) is 5.60. The van der Waals surface area contributed by atoms with E-state index in [2.05, 4.69) is 0 Å². The molecule has 5 nitrogen and oxygen atoms in total. The predicted octanol–water partition coefficient (Wildman–Crippen LogP) is 5.22. The zero-order valence-electron chi connectivity index (χ0n) is 12.5. The van der Waals surface area contributed by atoms with Gasteiger partial charge in [-0.3, -0.25) is 0 Å². The maximum absolute atomic E-state index is 13.0. The van der Waals surface area contributed by atoms with Crippen LogP contribution in [0.25, 0.3) is 0 Å². The number of hydrogen-bond acceptors (Lipinski definition) is 5. The van der Waals surface area contributed by atoms with Crippen molar-refractivity contribution in [2.45, 2.75) is 13.3 Å². The Morgan fingerprint density at radius 1 is 0.957 bits per heavy atom. The van der Waals surface area contributed by atoms with Crippen LogP contribution in [0.4, 0.5) is 11.4 Å². The Hall–Kier alpha value is -1.55. The molecule has 0 saturated heterocycles. The van der Waals surface area contributed by atoms with Crippen molar-refractivity contribution in [2.24, 2.45) is 0 Å². The molecule has 2 aromatic carbocycles. The SMILES string of the molecule is CCCP(=O)(Oc1cccc(Cl)c1N)Oc1cccc(Cl)c1N. The molecule has 0 fully saturated rings. The highest BCUT2D eigenvalue weighted by Gasteiger charge is 2.29. The quantitative estimate of drug-likeness (QED) is 0.534. The number of nitrogen functional groups attached to an aromatic ring is 2. The molecule has 0 aliphatic heterocycles. The van der Waals surface area contributed by atoms with E-state index in [4.69, 9.17) is 43.7 Å². The molecule has 0 bridgehead atoms. The molecule has 23 heavy (non-hydrogen) atoms. The van der Waals surface area contributed by atoms with Crippen molar-refractivity contribution in [1.82, 2.24) is 0 Å². The molecule has 0 spiro atoms. The molecule has 2 aromatic rings. The molecule has 8 heteroatoms. The third kappa shape index (κ3) is 4.25. The van der Waals surface area contributed by atoms with E-state index in [0.29, 0.717) is 16.5 Å². The fourth-order valence-electron chi connectivity index (χ4n) is 1.88. The van der Waals surface area contributed by atoms with Crippen LogP contribution < -0.4 is 20.5 Å². The average Bonchev–Trinajstić information content (AvgIpc) is 2.49. The van der Waals surface area contributed by atoms with Gasteiger partial charge in [-0.25, -0.2) is 4.57 Å². The molecule has 0 aliphatic carbocycles. The van der Waals surface area contributed by atoms with E-state index < -0.39 is 7.60 Å². The van der Waals surface area contributed by atoms with Crippen LogP contribution in [0.5, 0.6) is 11.5 Å². The summed E-state index contributed by atoms with van der Waals surface area (Å²) in [5, 5.41) is 0.626. The number of halogens is 2. The largest absolute Gasteiger partial charge is 0.430 e.